The van der Waals surface area contributed by atoms with Gasteiger partial charge in [-0.25, -0.2) is 9.48 Å². The normalized spacial score (nSPS) is 21.0. The molecule has 10 nitrogen and oxygen atoms in total. The van der Waals surface area contributed by atoms with Gasteiger partial charge in [0.1, 0.15) is 6.04 Å². The van der Waals surface area contributed by atoms with Crippen molar-refractivity contribution in [3.8, 4) is 0 Å². The number of urea groups is 1. The van der Waals surface area contributed by atoms with Crippen molar-refractivity contribution >= 4 is 11.9 Å². The summed E-state index contributed by atoms with van der Waals surface area (Å²) in [6, 6.07) is -0.923. The zero-order chi connectivity index (χ0) is 19.7. The summed E-state index contributed by atoms with van der Waals surface area (Å²) in [6.07, 6.45) is 7.76. The van der Waals surface area contributed by atoms with E-state index < -0.39 is 12.1 Å². The van der Waals surface area contributed by atoms with Crippen LogP contribution in [0, 0.1) is 0 Å². The fourth-order valence-electron chi connectivity index (χ4n) is 3.72. The van der Waals surface area contributed by atoms with Crippen LogP contribution >= 0.6 is 0 Å². The quantitative estimate of drug-likeness (QED) is 0.752. The van der Waals surface area contributed by atoms with Gasteiger partial charge in [-0.05, 0) is 26.7 Å². The van der Waals surface area contributed by atoms with Gasteiger partial charge in [-0.15, -0.1) is 5.10 Å². The summed E-state index contributed by atoms with van der Waals surface area (Å²) in [7, 11) is 0. The van der Waals surface area contributed by atoms with Gasteiger partial charge >= 0.3 is 6.03 Å². The van der Waals surface area contributed by atoms with Crippen LogP contribution in [0.25, 0.3) is 0 Å². The van der Waals surface area contributed by atoms with Gasteiger partial charge in [0.05, 0.1) is 12.2 Å². The SMILES string of the molecule is CC(C)n1cc(C[C@@H]2NC(=O)N(Cc3noc(C4CCCCC4)n3)C2=O)nn1. The zero-order valence-corrected chi connectivity index (χ0v) is 16.2. The van der Waals surface area contributed by atoms with Gasteiger partial charge in [0.2, 0.25) is 5.89 Å². The number of nitrogens with one attached hydrogen (secondary N) is 1. The lowest BCUT2D eigenvalue weighted by Gasteiger charge is -2.17. The van der Waals surface area contributed by atoms with Gasteiger partial charge in [-0.2, -0.15) is 4.98 Å². The van der Waals surface area contributed by atoms with Crippen molar-refractivity contribution < 1.29 is 14.1 Å². The third-order valence-electron chi connectivity index (χ3n) is 5.34. The lowest BCUT2D eigenvalue weighted by atomic mass is 9.89. The molecule has 3 amide bonds. The van der Waals surface area contributed by atoms with Gasteiger partial charge in [-0.3, -0.25) is 9.69 Å². The Kier molecular flexibility index (Phi) is 5.10. The average molecular weight is 387 g/mol. The Morgan fingerprint density at radius 3 is 2.75 bits per heavy atom. The van der Waals surface area contributed by atoms with Crippen molar-refractivity contribution in [1.82, 2.24) is 35.4 Å². The summed E-state index contributed by atoms with van der Waals surface area (Å²) in [5, 5.41) is 14.8. The van der Waals surface area contributed by atoms with Crippen molar-refractivity contribution in [2.24, 2.45) is 0 Å². The van der Waals surface area contributed by atoms with Gasteiger partial charge in [0.15, 0.2) is 5.82 Å². The zero-order valence-electron chi connectivity index (χ0n) is 16.2. The second kappa shape index (κ2) is 7.69. The van der Waals surface area contributed by atoms with Crippen LogP contribution < -0.4 is 5.32 Å². The molecule has 2 aliphatic rings. The predicted octanol–water partition coefficient (Wildman–Crippen LogP) is 1.95. The Hall–Kier alpha value is -2.78. The molecule has 4 rings (SSSR count). The first kappa shape index (κ1) is 18.6. The third kappa shape index (κ3) is 3.76. The highest BCUT2D eigenvalue weighted by molar-refractivity contribution is 6.04. The summed E-state index contributed by atoms with van der Waals surface area (Å²) in [4.78, 5) is 30.5. The molecule has 0 radical (unpaired) electrons. The third-order valence-corrected chi connectivity index (χ3v) is 5.34. The maximum Gasteiger partial charge on any atom is 0.325 e. The standard InChI is InChI=1S/C18H25N7O3/c1-11(2)25-9-13(21-23-25)8-14-17(26)24(18(27)19-14)10-15-20-16(28-22-15)12-6-4-3-5-7-12/h9,11-12,14H,3-8,10H2,1-2H3,(H,19,27)/t14-/m0/s1. The molecule has 1 atom stereocenters. The number of aromatic nitrogens is 5. The second-order valence-electron chi connectivity index (χ2n) is 7.80. The first-order chi connectivity index (χ1) is 13.5. The summed E-state index contributed by atoms with van der Waals surface area (Å²) in [6.45, 7) is 4.00. The molecule has 1 saturated carbocycles. The number of carbonyl (C=O) groups excluding carboxylic acids is 2. The van der Waals surface area contributed by atoms with Crippen LogP contribution in [0.3, 0.4) is 0 Å². The van der Waals surface area contributed by atoms with E-state index in [1.165, 1.54) is 19.3 Å². The molecule has 2 fully saturated rings. The van der Waals surface area contributed by atoms with Crippen LogP contribution in [0.1, 0.15) is 75.3 Å². The fourth-order valence-corrected chi connectivity index (χ4v) is 3.72. The molecule has 0 bridgehead atoms. The van der Waals surface area contributed by atoms with E-state index >= 15 is 0 Å². The van der Waals surface area contributed by atoms with Crippen LogP contribution in [0.4, 0.5) is 4.79 Å². The second-order valence-corrected chi connectivity index (χ2v) is 7.80. The van der Waals surface area contributed by atoms with Crippen molar-refractivity contribution in [3.63, 3.8) is 0 Å². The molecule has 28 heavy (non-hydrogen) atoms. The van der Waals surface area contributed by atoms with Crippen molar-refractivity contribution in [2.75, 3.05) is 0 Å². The fraction of sp³-hybridized carbons (Fsp3) is 0.667. The van der Waals surface area contributed by atoms with Crippen molar-refractivity contribution in [1.29, 1.82) is 0 Å². The molecule has 1 aliphatic carbocycles. The highest BCUT2D eigenvalue weighted by Crippen LogP contribution is 2.31. The van der Waals surface area contributed by atoms with Crippen molar-refractivity contribution in [3.05, 3.63) is 23.6 Å². The van der Waals surface area contributed by atoms with Crippen LogP contribution in [0.15, 0.2) is 10.7 Å². The highest BCUT2D eigenvalue weighted by atomic mass is 16.5. The Labute approximate surface area is 162 Å². The van der Waals surface area contributed by atoms with E-state index in [2.05, 4.69) is 25.8 Å². The summed E-state index contributed by atoms with van der Waals surface area (Å²) >= 11 is 0. The molecule has 10 heteroatoms. The molecule has 3 heterocycles. The van der Waals surface area contributed by atoms with Gasteiger partial charge in [-0.1, -0.05) is 29.6 Å². The molecular formula is C18H25N7O3. The number of amides is 3. The number of hydrogen-bond acceptors (Lipinski definition) is 7. The Balaban J connectivity index is 1.39. The summed E-state index contributed by atoms with van der Waals surface area (Å²) < 4.78 is 7.10. The van der Waals surface area contributed by atoms with Crippen LogP contribution in [-0.2, 0) is 17.8 Å². The Morgan fingerprint density at radius 2 is 2.04 bits per heavy atom. The van der Waals surface area contributed by atoms with Gasteiger partial charge in [0.25, 0.3) is 5.91 Å². The van der Waals surface area contributed by atoms with E-state index in [4.69, 9.17) is 4.52 Å². The maximum atomic E-state index is 12.7. The minimum absolute atomic E-state index is 0.00999. The van der Waals surface area contributed by atoms with Gasteiger partial charge in [0, 0.05) is 24.6 Å². The summed E-state index contributed by atoms with van der Waals surface area (Å²) in [5.41, 5.74) is 0.661. The molecule has 0 unspecified atom stereocenters. The molecule has 1 N–H and O–H groups in total. The molecule has 0 aromatic carbocycles. The number of imide groups is 1. The highest BCUT2D eigenvalue weighted by Gasteiger charge is 2.39. The van der Waals surface area contributed by atoms with Crippen molar-refractivity contribution in [2.45, 2.75) is 76.9 Å². The molecule has 1 saturated heterocycles. The van der Waals surface area contributed by atoms with E-state index in [1.807, 2.05) is 13.8 Å². The largest absolute Gasteiger partial charge is 0.339 e. The molecule has 0 spiro atoms. The van der Waals surface area contributed by atoms with E-state index in [9.17, 15) is 9.59 Å². The number of nitrogens with zero attached hydrogens (tertiary/aromatic N) is 6. The Bertz CT molecular complexity index is 853. The van der Waals surface area contributed by atoms with E-state index in [-0.39, 0.29) is 24.4 Å². The van der Waals surface area contributed by atoms with Gasteiger partial charge < -0.3 is 9.84 Å². The van der Waals surface area contributed by atoms with Crippen LogP contribution in [-0.4, -0.2) is 48.0 Å². The Morgan fingerprint density at radius 1 is 1.25 bits per heavy atom. The smallest absolute Gasteiger partial charge is 0.325 e. The average Bonchev–Trinajstić information content (AvgIpc) is 3.40. The maximum absolute atomic E-state index is 12.7. The number of rotatable bonds is 6. The first-order valence-corrected chi connectivity index (χ1v) is 9.86. The topological polar surface area (TPSA) is 119 Å². The molecule has 2 aromatic rings. The molecule has 1 aliphatic heterocycles. The molecule has 2 aromatic heterocycles. The first-order valence-electron chi connectivity index (χ1n) is 9.86. The lowest BCUT2D eigenvalue weighted by Crippen LogP contribution is -2.32. The molecule has 150 valence electrons. The minimum atomic E-state index is -0.658. The lowest BCUT2D eigenvalue weighted by molar-refractivity contribution is -0.127. The summed E-state index contributed by atoms with van der Waals surface area (Å²) in [5.74, 6) is 0.946. The minimum Gasteiger partial charge on any atom is -0.339 e. The van der Waals surface area contributed by atoms with E-state index in [0.717, 1.165) is 17.7 Å². The van der Waals surface area contributed by atoms with Crippen LogP contribution in [0.5, 0.6) is 0 Å². The number of hydrogen-bond donors (Lipinski definition) is 1. The van der Waals surface area contributed by atoms with Crippen LogP contribution in [0.2, 0.25) is 0 Å². The van der Waals surface area contributed by atoms with E-state index in [0.29, 0.717) is 23.8 Å². The molecular weight excluding hydrogens is 362 g/mol. The monoisotopic (exact) mass is 387 g/mol. The predicted molar refractivity (Wildman–Crippen MR) is 97.1 cm³/mol. The van der Waals surface area contributed by atoms with E-state index in [1.54, 1.807) is 10.9 Å². The number of carbonyl (C=O) groups is 2.